The van der Waals surface area contributed by atoms with E-state index in [9.17, 15) is 10.1 Å². The van der Waals surface area contributed by atoms with E-state index in [1.54, 1.807) is 12.1 Å². The number of nitrogens with one attached hydrogen (secondary N) is 1. The average molecular weight is 276 g/mol. The van der Waals surface area contributed by atoms with Gasteiger partial charge in [-0.25, -0.2) is 4.98 Å². The molecule has 6 heteroatoms. The third kappa shape index (κ3) is 3.07. The fourth-order valence-corrected chi connectivity index (χ4v) is 2.81. The van der Waals surface area contributed by atoms with Gasteiger partial charge in [-0.05, 0) is 50.8 Å². The average Bonchev–Trinajstić information content (AvgIpc) is 3.30. The van der Waals surface area contributed by atoms with Crippen LogP contribution in [0, 0.1) is 16.0 Å². The maximum Gasteiger partial charge on any atom is 0.287 e. The summed E-state index contributed by atoms with van der Waals surface area (Å²) in [6.07, 6.45) is 6.20. The van der Waals surface area contributed by atoms with Gasteiger partial charge in [-0.15, -0.1) is 0 Å². The summed E-state index contributed by atoms with van der Waals surface area (Å²) < 4.78 is 0. The number of nitro groups is 1. The summed E-state index contributed by atoms with van der Waals surface area (Å²) in [6.45, 7) is 3.21. The van der Waals surface area contributed by atoms with Crippen LogP contribution in [0.2, 0.25) is 0 Å². The van der Waals surface area contributed by atoms with E-state index in [1.807, 2.05) is 0 Å². The molecule has 2 heterocycles. The molecule has 1 saturated heterocycles. The van der Waals surface area contributed by atoms with E-state index in [0.29, 0.717) is 12.0 Å². The molecule has 1 aromatic rings. The van der Waals surface area contributed by atoms with Gasteiger partial charge in [0, 0.05) is 18.7 Å². The Morgan fingerprint density at radius 3 is 2.60 bits per heavy atom. The molecule has 0 spiro atoms. The molecule has 0 aromatic carbocycles. The van der Waals surface area contributed by atoms with Crippen LogP contribution >= 0.6 is 0 Å². The Kier molecular flexibility index (Phi) is 3.82. The predicted molar refractivity (Wildman–Crippen MR) is 76.9 cm³/mol. The number of rotatable bonds is 5. The van der Waals surface area contributed by atoms with Gasteiger partial charge < -0.3 is 10.2 Å². The fraction of sp³-hybridized carbons (Fsp3) is 0.643. The van der Waals surface area contributed by atoms with Crippen LogP contribution in [-0.4, -0.2) is 35.6 Å². The summed E-state index contributed by atoms with van der Waals surface area (Å²) in [6, 6.07) is 3.93. The van der Waals surface area contributed by atoms with Crippen LogP contribution in [0.1, 0.15) is 25.7 Å². The van der Waals surface area contributed by atoms with Crippen LogP contribution in [0.15, 0.2) is 18.3 Å². The second-order valence-corrected chi connectivity index (χ2v) is 5.71. The molecule has 0 bridgehead atoms. The molecule has 0 amide bonds. The summed E-state index contributed by atoms with van der Waals surface area (Å²) in [5.74, 6) is 1.59. The largest absolute Gasteiger partial charge is 0.353 e. The standard InChI is InChI=1S/C14H20N4O2/c19-18(20)13-3-4-14(16-9-13)17(12-1-2-12)10-11-5-7-15-8-6-11/h3-4,9,11-12,15H,1-2,5-8,10H2. The van der Waals surface area contributed by atoms with E-state index in [-0.39, 0.29) is 5.69 Å². The first kappa shape index (κ1) is 13.3. The fourth-order valence-electron chi connectivity index (χ4n) is 2.81. The highest BCUT2D eigenvalue weighted by molar-refractivity contribution is 5.45. The highest BCUT2D eigenvalue weighted by Crippen LogP contribution is 2.32. The minimum atomic E-state index is -0.398. The van der Waals surface area contributed by atoms with Gasteiger partial charge in [0.1, 0.15) is 12.0 Å². The first-order valence-corrected chi connectivity index (χ1v) is 7.32. The normalized spacial score (nSPS) is 19.8. The monoisotopic (exact) mass is 276 g/mol. The summed E-state index contributed by atoms with van der Waals surface area (Å²) in [7, 11) is 0. The first-order chi connectivity index (χ1) is 9.74. The molecule has 108 valence electrons. The zero-order chi connectivity index (χ0) is 13.9. The SMILES string of the molecule is O=[N+]([O-])c1ccc(N(CC2CCNCC2)C2CC2)nc1. The van der Waals surface area contributed by atoms with Crippen molar-refractivity contribution >= 4 is 11.5 Å². The lowest BCUT2D eigenvalue weighted by Crippen LogP contribution is -2.37. The maximum atomic E-state index is 10.7. The number of hydrogen-bond acceptors (Lipinski definition) is 5. The number of aromatic nitrogens is 1. The van der Waals surface area contributed by atoms with Crippen LogP contribution in [0.3, 0.4) is 0 Å². The Balaban J connectivity index is 1.71. The van der Waals surface area contributed by atoms with Gasteiger partial charge in [-0.2, -0.15) is 0 Å². The summed E-state index contributed by atoms with van der Waals surface area (Å²) >= 11 is 0. The van der Waals surface area contributed by atoms with Crippen molar-refractivity contribution in [3.8, 4) is 0 Å². The molecule has 20 heavy (non-hydrogen) atoms. The summed E-state index contributed by atoms with van der Waals surface area (Å²) in [4.78, 5) is 16.9. The lowest BCUT2D eigenvalue weighted by atomic mass is 9.97. The van der Waals surface area contributed by atoms with Gasteiger partial charge in [0.05, 0.1) is 4.92 Å². The van der Waals surface area contributed by atoms with Crippen molar-refractivity contribution in [2.45, 2.75) is 31.7 Å². The van der Waals surface area contributed by atoms with Gasteiger partial charge in [0.2, 0.25) is 0 Å². The van der Waals surface area contributed by atoms with E-state index < -0.39 is 4.92 Å². The van der Waals surface area contributed by atoms with Crippen molar-refractivity contribution < 1.29 is 4.92 Å². The van der Waals surface area contributed by atoms with Crippen LogP contribution in [0.4, 0.5) is 11.5 Å². The van der Waals surface area contributed by atoms with Crippen molar-refractivity contribution in [1.29, 1.82) is 0 Å². The zero-order valence-corrected chi connectivity index (χ0v) is 11.5. The van der Waals surface area contributed by atoms with Crippen molar-refractivity contribution in [1.82, 2.24) is 10.3 Å². The lowest BCUT2D eigenvalue weighted by Gasteiger charge is -2.31. The number of piperidine rings is 1. The minimum absolute atomic E-state index is 0.0614. The third-order valence-corrected chi connectivity index (χ3v) is 4.14. The van der Waals surface area contributed by atoms with Gasteiger partial charge in [0.25, 0.3) is 5.69 Å². The molecule has 2 aliphatic rings. The summed E-state index contributed by atoms with van der Waals surface area (Å²) in [5, 5.41) is 14.1. The van der Waals surface area contributed by atoms with E-state index in [0.717, 1.165) is 25.5 Å². The van der Waals surface area contributed by atoms with E-state index in [2.05, 4.69) is 15.2 Å². The molecule has 1 aliphatic heterocycles. The van der Waals surface area contributed by atoms with Crippen molar-refractivity contribution in [3.05, 3.63) is 28.4 Å². The first-order valence-electron chi connectivity index (χ1n) is 7.32. The van der Waals surface area contributed by atoms with Crippen LogP contribution < -0.4 is 10.2 Å². The van der Waals surface area contributed by atoms with E-state index in [1.165, 1.54) is 31.9 Å². The Hall–Kier alpha value is -1.69. The molecule has 0 unspecified atom stereocenters. The summed E-state index contributed by atoms with van der Waals surface area (Å²) in [5.41, 5.74) is 0.0614. The van der Waals surface area contributed by atoms with Gasteiger partial charge in [-0.1, -0.05) is 0 Å². The van der Waals surface area contributed by atoms with Gasteiger partial charge in [0.15, 0.2) is 0 Å². The Bertz CT molecular complexity index is 467. The number of nitrogens with zero attached hydrogens (tertiary/aromatic N) is 3. The Morgan fingerprint density at radius 2 is 2.05 bits per heavy atom. The molecule has 1 N–H and O–H groups in total. The predicted octanol–water partition coefficient (Wildman–Crippen LogP) is 1.96. The number of hydrogen-bond donors (Lipinski definition) is 1. The molecule has 1 aliphatic carbocycles. The van der Waals surface area contributed by atoms with Gasteiger partial charge >= 0.3 is 0 Å². The molecule has 1 saturated carbocycles. The van der Waals surface area contributed by atoms with Crippen molar-refractivity contribution in [3.63, 3.8) is 0 Å². The second-order valence-electron chi connectivity index (χ2n) is 5.71. The highest BCUT2D eigenvalue weighted by Gasteiger charge is 2.32. The molecular formula is C14H20N4O2. The molecule has 0 atom stereocenters. The highest BCUT2D eigenvalue weighted by atomic mass is 16.6. The quantitative estimate of drug-likeness (QED) is 0.657. The Morgan fingerprint density at radius 1 is 1.30 bits per heavy atom. The second kappa shape index (κ2) is 5.75. The molecule has 0 radical (unpaired) electrons. The number of anilines is 1. The van der Waals surface area contributed by atoms with E-state index in [4.69, 9.17) is 0 Å². The van der Waals surface area contributed by atoms with Crippen LogP contribution in [-0.2, 0) is 0 Å². The van der Waals surface area contributed by atoms with Crippen LogP contribution in [0.5, 0.6) is 0 Å². The molecule has 3 rings (SSSR count). The van der Waals surface area contributed by atoms with E-state index >= 15 is 0 Å². The molecular weight excluding hydrogens is 256 g/mol. The molecule has 2 fully saturated rings. The lowest BCUT2D eigenvalue weighted by molar-refractivity contribution is -0.385. The smallest absolute Gasteiger partial charge is 0.287 e. The topological polar surface area (TPSA) is 71.3 Å². The zero-order valence-electron chi connectivity index (χ0n) is 11.5. The Labute approximate surface area is 118 Å². The molecule has 1 aromatic heterocycles. The minimum Gasteiger partial charge on any atom is -0.353 e. The maximum absolute atomic E-state index is 10.7. The third-order valence-electron chi connectivity index (χ3n) is 4.14. The van der Waals surface area contributed by atoms with Crippen molar-refractivity contribution in [2.24, 2.45) is 5.92 Å². The van der Waals surface area contributed by atoms with Gasteiger partial charge in [-0.3, -0.25) is 10.1 Å². The number of pyridine rings is 1. The van der Waals surface area contributed by atoms with Crippen molar-refractivity contribution in [2.75, 3.05) is 24.5 Å². The van der Waals surface area contributed by atoms with Crippen LogP contribution in [0.25, 0.3) is 0 Å². The molecule has 6 nitrogen and oxygen atoms in total.